The fourth-order valence-corrected chi connectivity index (χ4v) is 3.45. The van der Waals surface area contributed by atoms with Crippen molar-refractivity contribution in [3.05, 3.63) is 16.4 Å². The lowest BCUT2D eigenvalue weighted by Crippen LogP contribution is -2.27. The second-order valence-corrected chi connectivity index (χ2v) is 6.35. The van der Waals surface area contributed by atoms with Crippen LogP contribution in [0.4, 0.5) is 0 Å². The molecule has 0 saturated heterocycles. The van der Waals surface area contributed by atoms with Gasteiger partial charge in [0.1, 0.15) is 0 Å². The van der Waals surface area contributed by atoms with Crippen molar-refractivity contribution < 1.29 is 5.11 Å². The Hall–Kier alpha value is -0.540. The lowest BCUT2D eigenvalue weighted by molar-refractivity contribution is 0.0746. The van der Waals surface area contributed by atoms with Crippen LogP contribution in [0.25, 0.3) is 0 Å². The Morgan fingerprint density at radius 2 is 2.00 bits per heavy atom. The van der Waals surface area contributed by atoms with Crippen LogP contribution >= 0.6 is 11.6 Å². The molecule has 2 rings (SSSR count). The minimum Gasteiger partial charge on any atom is -0.392 e. The smallest absolute Gasteiger partial charge is 0.0850 e. The van der Waals surface area contributed by atoms with Crippen LogP contribution in [0.15, 0.2) is 0 Å². The standard InChI is InChI=1S/C15H25ClN2O/c1-4-12-15(16)13(18(3)17-12)9-14(19)11-7-5-10(2)6-8-11/h10-11,14,19H,4-9H2,1-3H3. The van der Waals surface area contributed by atoms with Gasteiger partial charge in [-0.25, -0.2) is 0 Å². The summed E-state index contributed by atoms with van der Waals surface area (Å²) < 4.78 is 1.83. The zero-order valence-corrected chi connectivity index (χ0v) is 13.0. The van der Waals surface area contributed by atoms with E-state index in [9.17, 15) is 5.11 Å². The summed E-state index contributed by atoms with van der Waals surface area (Å²) in [5, 5.41) is 15.6. The molecule has 0 radical (unpaired) electrons. The maximum Gasteiger partial charge on any atom is 0.0850 e. The average Bonchev–Trinajstić information content (AvgIpc) is 2.67. The van der Waals surface area contributed by atoms with E-state index in [0.29, 0.717) is 12.3 Å². The van der Waals surface area contributed by atoms with Crippen molar-refractivity contribution in [3.63, 3.8) is 0 Å². The van der Waals surface area contributed by atoms with Gasteiger partial charge < -0.3 is 5.11 Å². The molecule has 1 fully saturated rings. The molecule has 3 nitrogen and oxygen atoms in total. The second kappa shape index (κ2) is 6.27. The van der Waals surface area contributed by atoms with E-state index in [4.69, 9.17) is 11.6 Å². The highest BCUT2D eigenvalue weighted by Gasteiger charge is 2.26. The molecule has 1 N–H and O–H groups in total. The molecule has 1 aromatic heterocycles. The van der Waals surface area contributed by atoms with Crippen LogP contribution in [-0.4, -0.2) is 21.0 Å². The first-order valence-electron chi connectivity index (χ1n) is 7.41. The van der Waals surface area contributed by atoms with Crippen molar-refractivity contribution in [3.8, 4) is 0 Å². The number of hydrogen-bond acceptors (Lipinski definition) is 2. The molecule has 0 aromatic carbocycles. The largest absolute Gasteiger partial charge is 0.392 e. The van der Waals surface area contributed by atoms with Gasteiger partial charge >= 0.3 is 0 Å². The Labute approximate surface area is 121 Å². The lowest BCUT2D eigenvalue weighted by Gasteiger charge is -2.29. The van der Waals surface area contributed by atoms with Gasteiger partial charge in [0.05, 0.1) is 22.5 Å². The zero-order chi connectivity index (χ0) is 14.0. The molecule has 1 atom stereocenters. The third-order valence-electron chi connectivity index (χ3n) is 4.51. The van der Waals surface area contributed by atoms with E-state index in [2.05, 4.69) is 18.9 Å². The number of nitrogens with zero attached hydrogens (tertiary/aromatic N) is 2. The number of halogens is 1. The highest BCUT2D eigenvalue weighted by Crippen LogP contribution is 2.32. The summed E-state index contributed by atoms with van der Waals surface area (Å²) >= 11 is 6.34. The van der Waals surface area contributed by atoms with E-state index in [0.717, 1.165) is 41.6 Å². The Bertz CT molecular complexity index is 422. The average molecular weight is 285 g/mol. The van der Waals surface area contributed by atoms with Crippen molar-refractivity contribution in [1.82, 2.24) is 9.78 Å². The monoisotopic (exact) mass is 284 g/mol. The summed E-state index contributed by atoms with van der Waals surface area (Å²) in [5.41, 5.74) is 1.91. The van der Waals surface area contributed by atoms with Crippen LogP contribution in [0.5, 0.6) is 0 Å². The number of aryl methyl sites for hydroxylation is 2. The molecule has 0 aliphatic heterocycles. The van der Waals surface area contributed by atoms with Crippen LogP contribution in [0.1, 0.15) is 50.9 Å². The normalized spacial score (nSPS) is 25.5. The van der Waals surface area contributed by atoms with Crippen molar-refractivity contribution in [1.29, 1.82) is 0 Å². The van der Waals surface area contributed by atoms with E-state index >= 15 is 0 Å². The van der Waals surface area contributed by atoms with Crippen molar-refractivity contribution in [2.75, 3.05) is 0 Å². The number of aliphatic hydroxyl groups is 1. The van der Waals surface area contributed by atoms with Gasteiger partial charge in [0.25, 0.3) is 0 Å². The Morgan fingerprint density at radius 1 is 1.37 bits per heavy atom. The van der Waals surface area contributed by atoms with Crippen LogP contribution in [0, 0.1) is 11.8 Å². The molecule has 1 heterocycles. The number of aromatic nitrogens is 2. The molecular formula is C15H25ClN2O. The molecule has 1 saturated carbocycles. The molecule has 1 unspecified atom stereocenters. The molecule has 1 aromatic rings. The quantitative estimate of drug-likeness (QED) is 0.921. The van der Waals surface area contributed by atoms with E-state index < -0.39 is 0 Å². The fourth-order valence-electron chi connectivity index (χ4n) is 3.08. The predicted octanol–water partition coefficient (Wildman–Crippen LogP) is 3.37. The summed E-state index contributed by atoms with van der Waals surface area (Å²) in [7, 11) is 1.91. The van der Waals surface area contributed by atoms with Gasteiger partial charge in [0, 0.05) is 13.5 Å². The Morgan fingerprint density at radius 3 is 2.53 bits per heavy atom. The predicted molar refractivity (Wildman–Crippen MR) is 78.4 cm³/mol. The first kappa shape index (κ1) is 14.9. The molecule has 19 heavy (non-hydrogen) atoms. The minimum absolute atomic E-state index is 0.287. The van der Waals surface area contributed by atoms with Gasteiger partial charge in [0.15, 0.2) is 0 Å². The second-order valence-electron chi connectivity index (χ2n) is 5.98. The summed E-state index contributed by atoms with van der Waals surface area (Å²) in [6.07, 6.45) is 5.93. The number of hydrogen-bond donors (Lipinski definition) is 1. The summed E-state index contributed by atoms with van der Waals surface area (Å²) in [6.45, 7) is 4.35. The zero-order valence-electron chi connectivity index (χ0n) is 12.2. The third-order valence-corrected chi connectivity index (χ3v) is 4.95. The molecule has 0 amide bonds. The van der Waals surface area contributed by atoms with E-state index in [-0.39, 0.29) is 6.10 Å². The van der Waals surface area contributed by atoms with Gasteiger partial charge in [-0.15, -0.1) is 0 Å². The van der Waals surface area contributed by atoms with Crippen LogP contribution in [0.2, 0.25) is 5.02 Å². The van der Waals surface area contributed by atoms with Crippen LogP contribution in [0.3, 0.4) is 0 Å². The third kappa shape index (κ3) is 3.32. The first-order valence-corrected chi connectivity index (χ1v) is 7.79. The van der Waals surface area contributed by atoms with E-state index in [1.807, 2.05) is 11.7 Å². The fraction of sp³-hybridized carbons (Fsp3) is 0.800. The topological polar surface area (TPSA) is 38.0 Å². The maximum atomic E-state index is 10.4. The molecule has 0 bridgehead atoms. The highest BCUT2D eigenvalue weighted by molar-refractivity contribution is 6.31. The van der Waals surface area contributed by atoms with Crippen molar-refractivity contribution >= 4 is 11.6 Å². The van der Waals surface area contributed by atoms with Crippen LogP contribution < -0.4 is 0 Å². The molecular weight excluding hydrogens is 260 g/mol. The first-order chi connectivity index (χ1) is 9.02. The SMILES string of the molecule is CCc1nn(C)c(CC(O)C2CCC(C)CC2)c1Cl. The summed E-state index contributed by atoms with van der Waals surface area (Å²) in [6, 6.07) is 0. The highest BCUT2D eigenvalue weighted by atomic mass is 35.5. The Balaban J connectivity index is 2.02. The van der Waals surface area contributed by atoms with Gasteiger partial charge in [-0.1, -0.05) is 38.3 Å². The van der Waals surface area contributed by atoms with E-state index in [1.165, 1.54) is 12.8 Å². The van der Waals surface area contributed by atoms with Gasteiger partial charge in [-0.3, -0.25) is 4.68 Å². The Kier molecular flexibility index (Phi) is 4.91. The molecule has 0 spiro atoms. The molecule has 1 aliphatic carbocycles. The molecule has 1 aliphatic rings. The van der Waals surface area contributed by atoms with Gasteiger partial charge in [-0.2, -0.15) is 5.10 Å². The van der Waals surface area contributed by atoms with Crippen molar-refractivity contribution in [2.45, 2.75) is 58.5 Å². The number of rotatable bonds is 4. The molecule has 108 valence electrons. The maximum absolute atomic E-state index is 10.4. The van der Waals surface area contributed by atoms with Crippen molar-refractivity contribution in [2.24, 2.45) is 18.9 Å². The summed E-state index contributed by atoms with van der Waals surface area (Å²) in [5.74, 6) is 1.24. The van der Waals surface area contributed by atoms with Crippen LogP contribution in [-0.2, 0) is 19.9 Å². The summed E-state index contributed by atoms with van der Waals surface area (Å²) in [4.78, 5) is 0. The minimum atomic E-state index is -0.287. The van der Waals surface area contributed by atoms with E-state index in [1.54, 1.807) is 0 Å². The van der Waals surface area contributed by atoms with Gasteiger partial charge in [0.2, 0.25) is 0 Å². The van der Waals surface area contributed by atoms with Gasteiger partial charge in [-0.05, 0) is 31.1 Å². The number of aliphatic hydroxyl groups excluding tert-OH is 1. The lowest BCUT2D eigenvalue weighted by atomic mass is 9.79. The molecule has 4 heteroatoms.